The molecule has 5 rings (SSSR count). The van der Waals surface area contributed by atoms with Gasteiger partial charge in [-0.1, -0.05) is 87.1 Å². The van der Waals surface area contributed by atoms with Crippen molar-refractivity contribution in [2.75, 3.05) is 24.7 Å². The third-order valence-corrected chi connectivity index (χ3v) is 9.99. The fourth-order valence-corrected chi connectivity index (χ4v) is 7.90. The van der Waals surface area contributed by atoms with Crippen molar-refractivity contribution >= 4 is 45.1 Å². The summed E-state index contributed by atoms with van der Waals surface area (Å²) in [6.07, 6.45) is 13.9. The Balaban J connectivity index is 1.30. The number of thioether (sulfide) groups is 2. The van der Waals surface area contributed by atoms with Crippen LogP contribution in [0.5, 0.6) is 11.5 Å². The molecule has 2 nitrogen and oxygen atoms in total. The van der Waals surface area contributed by atoms with Gasteiger partial charge in [-0.25, -0.2) is 0 Å². The SMILES string of the molecule is c1ccc2c(OCCSC3CCCCC3)c3ccccc3c(OCCSC3CCCCC3)c2c1. The Morgan fingerprint density at radius 3 is 1.24 bits per heavy atom. The number of hydrogen-bond donors (Lipinski definition) is 0. The lowest BCUT2D eigenvalue weighted by Crippen LogP contribution is -2.12. The number of hydrogen-bond acceptors (Lipinski definition) is 4. The summed E-state index contributed by atoms with van der Waals surface area (Å²) in [5, 5.41) is 6.32. The molecule has 0 unspecified atom stereocenters. The number of fused-ring (bicyclic) bond motifs is 2. The predicted octanol–water partition coefficient (Wildman–Crippen LogP) is 8.88. The van der Waals surface area contributed by atoms with E-state index in [9.17, 15) is 0 Å². The second kappa shape index (κ2) is 12.4. The van der Waals surface area contributed by atoms with E-state index in [0.717, 1.165) is 46.7 Å². The molecule has 0 heterocycles. The van der Waals surface area contributed by atoms with Gasteiger partial charge in [0.05, 0.1) is 13.2 Å². The third-order valence-electron chi connectivity index (χ3n) is 7.30. The van der Waals surface area contributed by atoms with E-state index in [1.807, 2.05) is 0 Å². The summed E-state index contributed by atoms with van der Waals surface area (Å²) >= 11 is 4.21. The van der Waals surface area contributed by atoms with E-state index >= 15 is 0 Å². The molecule has 34 heavy (non-hydrogen) atoms. The molecule has 0 aromatic heterocycles. The number of benzene rings is 3. The Hall–Kier alpha value is -1.52. The zero-order valence-corrected chi connectivity index (χ0v) is 21.9. The van der Waals surface area contributed by atoms with Crippen molar-refractivity contribution in [3.8, 4) is 11.5 Å². The summed E-state index contributed by atoms with van der Waals surface area (Å²) in [4.78, 5) is 0. The minimum Gasteiger partial charge on any atom is -0.491 e. The molecule has 182 valence electrons. The molecule has 0 saturated heterocycles. The van der Waals surface area contributed by atoms with E-state index in [0.29, 0.717) is 0 Å². The fraction of sp³-hybridized carbons (Fsp3) is 0.533. The Bertz CT molecular complexity index is 913. The topological polar surface area (TPSA) is 18.5 Å². The van der Waals surface area contributed by atoms with Crippen LogP contribution in [-0.2, 0) is 0 Å². The maximum absolute atomic E-state index is 6.50. The van der Waals surface area contributed by atoms with Gasteiger partial charge in [0, 0.05) is 43.6 Å². The first-order chi connectivity index (χ1) is 16.9. The smallest absolute Gasteiger partial charge is 0.135 e. The molecule has 3 aromatic rings. The van der Waals surface area contributed by atoms with Gasteiger partial charge in [-0.3, -0.25) is 0 Å². The zero-order chi connectivity index (χ0) is 23.0. The van der Waals surface area contributed by atoms with Crippen LogP contribution in [-0.4, -0.2) is 35.2 Å². The molecule has 0 amide bonds. The lowest BCUT2D eigenvalue weighted by atomic mass is 10.0. The Labute approximate surface area is 213 Å². The lowest BCUT2D eigenvalue weighted by Gasteiger charge is -2.22. The summed E-state index contributed by atoms with van der Waals surface area (Å²) in [5.41, 5.74) is 0. The first-order valence-electron chi connectivity index (χ1n) is 13.3. The van der Waals surface area contributed by atoms with Crippen LogP contribution in [0.25, 0.3) is 21.5 Å². The highest BCUT2D eigenvalue weighted by Gasteiger charge is 2.18. The van der Waals surface area contributed by atoms with Crippen LogP contribution in [0.2, 0.25) is 0 Å². The van der Waals surface area contributed by atoms with Gasteiger partial charge in [-0.15, -0.1) is 0 Å². The van der Waals surface area contributed by atoms with Gasteiger partial charge in [-0.2, -0.15) is 23.5 Å². The normalized spacial score (nSPS) is 17.9. The van der Waals surface area contributed by atoms with Crippen molar-refractivity contribution in [1.29, 1.82) is 0 Å². The zero-order valence-electron chi connectivity index (χ0n) is 20.3. The van der Waals surface area contributed by atoms with E-state index in [4.69, 9.17) is 9.47 Å². The molecule has 0 radical (unpaired) electrons. The van der Waals surface area contributed by atoms with E-state index in [1.54, 1.807) is 0 Å². The second-order valence-corrected chi connectivity index (χ2v) is 12.5. The summed E-state index contributed by atoms with van der Waals surface area (Å²) in [6.45, 7) is 1.51. The number of rotatable bonds is 10. The molecule has 0 atom stereocenters. The van der Waals surface area contributed by atoms with Crippen LogP contribution >= 0.6 is 23.5 Å². The standard InChI is InChI=1S/C30H38O2S2/c1-3-11-23(12-4-1)33-21-19-31-29-25-15-7-9-17-27(25)30(28-18-10-8-16-26(28)29)32-20-22-34-24-13-5-2-6-14-24/h7-10,15-18,23-24H,1-6,11-14,19-22H2. The monoisotopic (exact) mass is 494 g/mol. The highest BCUT2D eigenvalue weighted by molar-refractivity contribution is 8.00. The molecule has 2 saturated carbocycles. The van der Waals surface area contributed by atoms with Crippen LogP contribution in [0, 0.1) is 0 Å². The van der Waals surface area contributed by atoms with Crippen molar-refractivity contribution in [2.24, 2.45) is 0 Å². The first kappa shape index (κ1) is 24.2. The summed E-state index contributed by atoms with van der Waals surface area (Å²) < 4.78 is 13.0. The molecule has 0 aliphatic heterocycles. The van der Waals surface area contributed by atoms with Crippen molar-refractivity contribution in [3.05, 3.63) is 48.5 Å². The maximum Gasteiger partial charge on any atom is 0.135 e. The average Bonchev–Trinajstić information content (AvgIpc) is 2.90. The predicted molar refractivity (Wildman–Crippen MR) is 151 cm³/mol. The summed E-state index contributed by atoms with van der Waals surface area (Å²) in [5.74, 6) is 4.15. The largest absolute Gasteiger partial charge is 0.491 e. The van der Waals surface area contributed by atoms with Crippen molar-refractivity contribution in [1.82, 2.24) is 0 Å². The highest BCUT2D eigenvalue weighted by Crippen LogP contribution is 2.43. The Morgan fingerprint density at radius 2 is 0.882 bits per heavy atom. The van der Waals surface area contributed by atoms with Crippen LogP contribution < -0.4 is 9.47 Å². The molecule has 3 aromatic carbocycles. The van der Waals surface area contributed by atoms with Crippen LogP contribution in [0.4, 0.5) is 0 Å². The molecule has 0 N–H and O–H groups in total. The molecule has 2 aliphatic rings. The average molecular weight is 495 g/mol. The van der Waals surface area contributed by atoms with Crippen molar-refractivity contribution in [3.63, 3.8) is 0 Å². The van der Waals surface area contributed by atoms with E-state index in [-0.39, 0.29) is 0 Å². The molecule has 0 spiro atoms. The van der Waals surface area contributed by atoms with E-state index in [2.05, 4.69) is 72.1 Å². The van der Waals surface area contributed by atoms with Gasteiger partial charge in [0.1, 0.15) is 11.5 Å². The molecule has 2 fully saturated rings. The van der Waals surface area contributed by atoms with Gasteiger partial charge in [0.25, 0.3) is 0 Å². The molecule has 0 bridgehead atoms. The van der Waals surface area contributed by atoms with Gasteiger partial charge >= 0.3 is 0 Å². The quantitative estimate of drug-likeness (QED) is 0.207. The van der Waals surface area contributed by atoms with Crippen LogP contribution in [0.3, 0.4) is 0 Å². The van der Waals surface area contributed by atoms with Gasteiger partial charge in [-0.05, 0) is 25.7 Å². The van der Waals surface area contributed by atoms with Crippen LogP contribution in [0.1, 0.15) is 64.2 Å². The summed E-state index contributed by atoms with van der Waals surface area (Å²) in [6, 6.07) is 17.2. The van der Waals surface area contributed by atoms with Crippen molar-refractivity contribution in [2.45, 2.75) is 74.7 Å². The van der Waals surface area contributed by atoms with Crippen molar-refractivity contribution < 1.29 is 9.47 Å². The summed E-state index contributed by atoms with van der Waals surface area (Å²) in [7, 11) is 0. The fourth-order valence-electron chi connectivity index (χ4n) is 5.54. The van der Waals surface area contributed by atoms with Crippen LogP contribution in [0.15, 0.2) is 48.5 Å². The molecule has 4 heteroatoms. The Morgan fingerprint density at radius 1 is 0.529 bits per heavy atom. The third kappa shape index (κ3) is 5.99. The lowest BCUT2D eigenvalue weighted by molar-refractivity contribution is 0.345. The minimum absolute atomic E-state index is 0.757. The number of ether oxygens (including phenoxy) is 2. The first-order valence-corrected chi connectivity index (χ1v) is 15.4. The maximum atomic E-state index is 6.50. The van der Waals surface area contributed by atoms with Gasteiger partial charge < -0.3 is 9.47 Å². The van der Waals surface area contributed by atoms with Gasteiger partial charge in [0.2, 0.25) is 0 Å². The highest BCUT2D eigenvalue weighted by atomic mass is 32.2. The Kier molecular flexibility index (Phi) is 8.85. The second-order valence-electron chi connectivity index (χ2n) is 9.71. The van der Waals surface area contributed by atoms with E-state index in [1.165, 1.54) is 85.8 Å². The molecular formula is C30H38O2S2. The molecular weight excluding hydrogens is 456 g/mol. The molecule has 2 aliphatic carbocycles. The van der Waals surface area contributed by atoms with E-state index < -0.39 is 0 Å². The minimum atomic E-state index is 0.757. The van der Waals surface area contributed by atoms with Gasteiger partial charge in [0.15, 0.2) is 0 Å².